The van der Waals surface area contributed by atoms with E-state index in [0.717, 1.165) is 23.4 Å². The topological polar surface area (TPSA) is 54.9 Å². The standard InChI is InChI=1S/C16H25N3O2/c1-11-9-13(11)19-16(17-3)18-10-12(2)21-15-8-6-5-7-14(15)20-4/h5-8,11-13H,9-10H2,1-4H3,(H2,17,18,19). The van der Waals surface area contributed by atoms with E-state index in [1.54, 1.807) is 14.2 Å². The molecule has 0 amide bonds. The Morgan fingerprint density at radius 2 is 2.05 bits per heavy atom. The zero-order valence-corrected chi connectivity index (χ0v) is 13.2. The van der Waals surface area contributed by atoms with Crippen LogP contribution in [0.4, 0.5) is 0 Å². The predicted octanol–water partition coefficient (Wildman–Crippen LogP) is 2.04. The molecule has 116 valence electrons. The maximum Gasteiger partial charge on any atom is 0.191 e. The Bertz CT molecular complexity index is 490. The van der Waals surface area contributed by atoms with E-state index in [1.807, 2.05) is 31.2 Å². The van der Waals surface area contributed by atoms with Gasteiger partial charge in [0.25, 0.3) is 0 Å². The van der Waals surface area contributed by atoms with Gasteiger partial charge < -0.3 is 20.1 Å². The van der Waals surface area contributed by atoms with Gasteiger partial charge in [0.1, 0.15) is 6.10 Å². The smallest absolute Gasteiger partial charge is 0.191 e. The predicted molar refractivity (Wildman–Crippen MR) is 85.2 cm³/mol. The van der Waals surface area contributed by atoms with E-state index >= 15 is 0 Å². The van der Waals surface area contributed by atoms with Crippen molar-refractivity contribution in [2.75, 3.05) is 20.7 Å². The van der Waals surface area contributed by atoms with Gasteiger partial charge in [-0.3, -0.25) is 4.99 Å². The van der Waals surface area contributed by atoms with Gasteiger partial charge in [0.05, 0.1) is 13.7 Å². The third kappa shape index (κ3) is 4.55. The van der Waals surface area contributed by atoms with Crippen molar-refractivity contribution < 1.29 is 9.47 Å². The van der Waals surface area contributed by atoms with Gasteiger partial charge in [-0.2, -0.15) is 0 Å². The summed E-state index contributed by atoms with van der Waals surface area (Å²) in [6.45, 7) is 4.93. The van der Waals surface area contributed by atoms with Gasteiger partial charge in [0, 0.05) is 13.1 Å². The van der Waals surface area contributed by atoms with Crippen LogP contribution in [0.3, 0.4) is 0 Å². The second-order valence-corrected chi connectivity index (χ2v) is 5.50. The minimum absolute atomic E-state index is 0.0106. The number of methoxy groups -OCH3 is 1. The minimum atomic E-state index is 0.0106. The molecule has 21 heavy (non-hydrogen) atoms. The lowest BCUT2D eigenvalue weighted by molar-refractivity contribution is 0.213. The lowest BCUT2D eigenvalue weighted by atomic mass is 10.3. The second-order valence-electron chi connectivity index (χ2n) is 5.50. The summed E-state index contributed by atoms with van der Waals surface area (Å²) in [5.74, 6) is 3.08. The number of para-hydroxylation sites is 2. The van der Waals surface area contributed by atoms with E-state index in [4.69, 9.17) is 9.47 Å². The zero-order chi connectivity index (χ0) is 15.2. The average molecular weight is 291 g/mol. The van der Waals surface area contributed by atoms with Crippen molar-refractivity contribution >= 4 is 5.96 Å². The first-order chi connectivity index (χ1) is 10.1. The summed E-state index contributed by atoms with van der Waals surface area (Å²) in [5, 5.41) is 6.68. The van der Waals surface area contributed by atoms with Gasteiger partial charge in [-0.05, 0) is 31.4 Å². The quantitative estimate of drug-likeness (QED) is 0.622. The molecule has 5 nitrogen and oxygen atoms in total. The zero-order valence-electron chi connectivity index (χ0n) is 13.2. The Morgan fingerprint density at radius 3 is 2.62 bits per heavy atom. The molecule has 3 atom stereocenters. The number of hydrogen-bond donors (Lipinski definition) is 2. The molecule has 0 aromatic heterocycles. The van der Waals surface area contributed by atoms with Crippen LogP contribution in [0.1, 0.15) is 20.3 Å². The molecule has 0 radical (unpaired) electrons. The summed E-state index contributed by atoms with van der Waals surface area (Å²) in [6, 6.07) is 8.23. The van der Waals surface area contributed by atoms with Gasteiger partial charge in [-0.25, -0.2) is 0 Å². The SMILES string of the molecule is CN=C(NCC(C)Oc1ccccc1OC)NC1CC1C. The maximum atomic E-state index is 5.90. The van der Waals surface area contributed by atoms with Crippen molar-refractivity contribution in [3.05, 3.63) is 24.3 Å². The highest BCUT2D eigenvalue weighted by molar-refractivity contribution is 5.80. The molecule has 0 spiro atoms. The highest BCUT2D eigenvalue weighted by Crippen LogP contribution is 2.29. The van der Waals surface area contributed by atoms with Gasteiger partial charge in [0.2, 0.25) is 0 Å². The number of aliphatic imine (C=N–C) groups is 1. The van der Waals surface area contributed by atoms with E-state index in [9.17, 15) is 0 Å². The van der Waals surface area contributed by atoms with Crippen LogP contribution in [-0.4, -0.2) is 38.8 Å². The van der Waals surface area contributed by atoms with Crippen LogP contribution >= 0.6 is 0 Å². The van der Waals surface area contributed by atoms with Crippen molar-refractivity contribution in [1.82, 2.24) is 10.6 Å². The van der Waals surface area contributed by atoms with Crippen LogP contribution in [0.5, 0.6) is 11.5 Å². The summed E-state index contributed by atoms with van der Waals surface area (Å²) in [7, 11) is 3.43. The normalized spacial score (nSPS) is 22.4. The van der Waals surface area contributed by atoms with Gasteiger partial charge in [0.15, 0.2) is 17.5 Å². The third-order valence-corrected chi connectivity index (χ3v) is 3.61. The summed E-state index contributed by atoms with van der Waals surface area (Å²) in [6.07, 6.45) is 1.23. The van der Waals surface area contributed by atoms with E-state index in [1.165, 1.54) is 6.42 Å². The second kappa shape index (κ2) is 7.20. The maximum absolute atomic E-state index is 5.90. The Morgan fingerprint density at radius 1 is 1.38 bits per heavy atom. The molecule has 3 unspecified atom stereocenters. The fourth-order valence-corrected chi connectivity index (χ4v) is 2.11. The Labute approximate surface area is 126 Å². The van der Waals surface area contributed by atoms with Crippen molar-refractivity contribution in [3.8, 4) is 11.5 Å². The molecular formula is C16H25N3O2. The largest absolute Gasteiger partial charge is 0.493 e. The molecular weight excluding hydrogens is 266 g/mol. The molecule has 2 N–H and O–H groups in total. The molecule has 1 aromatic rings. The van der Waals surface area contributed by atoms with Gasteiger partial charge >= 0.3 is 0 Å². The molecule has 1 saturated carbocycles. The molecule has 0 saturated heterocycles. The van der Waals surface area contributed by atoms with Crippen molar-refractivity contribution in [2.45, 2.75) is 32.4 Å². The molecule has 0 bridgehead atoms. The van der Waals surface area contributed by atoms with Crippen molar-refractivity contribution in [1.29, 1.82) is 0 Å². The minimum Gasteiger partial charge on any atom is -0.493 e. The number of hydrogen-bond acceptors (Lipinski definition) is 3. The molecule has 1 aliphatic carbocycles. The first-order valence-corrected chi connectivity index (χ1v) is 7.41. The number of ether oxygens (including phenoxy) is 2. The highest BCUT2D eigenvalue weighted by atomic mass is 16.5. The van der Waals surface area contributed by atoms with E-state index in [-0.39, 0.29) is 6.10 Å². The van der Waals surface area contributed by atoms with Gasteiger partial charge in [-0.15, -0.1) is 0 Å². The molecule has 5 heteroatoms. The molecule has 1 fully saturated rings. The Hall–Kier alpha value is -1.91. The van der Waals surface area contributed by atoms with Crippen LogP contribution in [0.2, 0.25) is 0 Å². The number of benzene rings is 1. The van der Waals surface area contributed by atoms with Crippen LogP contribution in [-0.2, 0) is 0 Å². The Balaban J connectivity index is 1.79. The number of guanidine groups is 1. The van der Waals surface area contributed by atoms with Crippen molar-refractivity contribution in [2.24, 2.45) is 10.9 Å². The fourth-order valence-electron chi connectivity index (χ4n) is 2.11. The monoisotopic (exact) mass is 291 g/mol. The molecule has 2 rings (SSSR count). The number of nitrogens with one attached hydrogen (secondary N) is 2. The van der Waals surface area contributed by atoms with Crippen LogP contribution in [0.15, 0.2) is 29.3 Å². The summed E-state index contributed by atoms with van der Waals surface area (Å²) in [5.41, 5.74) is 0. The summed E-state index contributed by atoms with van der Waals surface area (Å²) >= 11 is 0. The van der Waals surface area contributed by atoms with E-state index in [0.29, 0.717) is 12.6 Å². The Kier molecular flexibility index (Phi) is 5.31. The highest BCUT2D eigenvalue weighted by Gasteiger charge is 2.33. The van der Waals surface area contributed by atoms with Crippen LogP contribution in [0, 0.1) is 5.92 Å². The molecule has 0 heterocycles. The van der Waals surface area contributed by atoms with Crippen LogP contribution in [0.25, 0.3) is 0 Å². The molecule has 0 aliphatic heterocycles. The fraction of sp³-hybridized carbons (Fsp3) is 0.562. The summed E-state index contributed by atoms with van der Waals surface area (Å²) in [4.78, 5) is 4.23. The van der Waals surface area contributed by atoms with Crippen LogP contribution < -0.4 is 20.1 Å². The van der Waals surface area contributed by atoms with Gasteiger partial charge in [-0.1, -0.05) is 19.1 Å². The molecule has 1 aliphatic rings. The first kappa shape index (κ1) is 15.5. The molecule has 1 aromatic carbocycles. The van der Waals surface area contributed by atoms with Crippen molar-refractivity contribution in [3.63, 3.8) is 0 Å². The van der Waals surface area contributed by atoms with E-state index in [2.05, 4.69) is 22.5 Å². The lowest BCUT2D eigenvalue weighted by Gasteiger charge is -2.19. The lowest BCUT2D eigenvalue weighted by Crippen LogP contribution is -2.43. The number of nitrogens with zero attached hydrogens (tertiary/aromatic N) is 1. The first-order valence-electron chi connectivity index (χ1n) is 7.41. The van der Waals surface area contributed by atoms with E-state index < -0.39 is 0 Å². The number of rotatable bonds is 6. The summed E-state index contributed by atoms with van der Waals surface area (Å²) < 4.78 is 11.2. The average Bonchev–Trinajstić information content (AvgIpc) is 3.19. The third-order valence-electron chi connectivity index (χ3n) is 3.61.